The van der Waals surface area contributed by atoms with Crippen molar-refractivity contribution < 1.29 is 19.5 Å². The number of nitrogens with two attached hydrogens (primary N) is 1. The van der Waals surface area contributed by atoms with Gasteiger partial charge >= 0.3 is 6.09 Å². The summed E-state index contributed by atoms with van der Waals surface area (Å²) in [5, 5.41) is 16.2. The van der Waals surface area contributed by atoms with Crippen LogP contribution in [0.1, 0.15) is 18.4 Å². The second-order valence-electron chi connectivity index (χ2n) is 5.05. The molecule has 1 aromatic rings. The number of carboxylic acid groups (broad SMARTS) is 1. The predicted molar refractivity (Wildman–Crippen MR) is 86.1 cm³/mol. The summed E-state index contributed by atoms with van der Waals surface area (Å²) in [4.78, 5) is 34.0. The van der Waals surface area contributed by atoms with Gasteiger partial charge < -0.3 is 26.8 Å². The molecule has 0 saturated carbocycles. The van der Waals surface area contributed by atoms with Crippen molar-refractivity contribution in [3.63, 3.8) is 0 Å². The molecule has 1 atom stereocenters. The van der Waals surface area contributed by atoms with Crippen molar-refractivity contribution in [2.45, 2.75) is 25.8 Å². The van der Waals surface area contributed by atoms with Crippen molar-refractivity contribution >= 4 is 23.6 Å². The maximum absolute atomic E-state index is 12.2. The third-order valence-corrected chi connectivity index (χ3v) is 3.11. The average molecular weight is 322 g/mol. The Morgan fingerprint density at radius 1 is 1.22 bits per heavy atom. The van der Waals surface area contributed by atoms with E-state index in [0.29, 0.717) is 18.7 Å². The smallest absolute Gasteiger partial charge is 0.405 e. The van der Waals surface area contributed by atoms with Crippen molar-refractivity contribution in [2.75, 3.05) is 18.4 Å². The van der Waals surface area contributed by atoms with E-state index in [9.17, 15) is 14.4 Å². The van der Waals surface area contributed by atoms with Gasteiger partial charge in [0.2, 0.25) is 11.8 Å². The van der Waals surface area contributed by atoms with Crippen LogP contribution in [-0.2, 0) is 9.59 Å². The first kappa shape index (κ1) is 18.4. The summed E-state index contributed by atoms with van der Waals surface area (Å²) in [5.41, 5.74) is 6.80. The molecule has 0 aliphatic carbocycles. The molecule has 0 heterocycles. The monoisotopic (exact) mass is 322 g/mol. The number of hydrogen-bond donors (Lipinski definition) is 5. The van der Waals surface area contributed by atoms with Gasteiger partial charge in [-0.3, -0.25) is 9.59 Å². The second-order valence-corrected chi connectivity index (χ2v) is 5.05. The van der Waals surface area contributed by atoms with E-state index in [1.807, 2.05) is 19.1 Å². The molecule has 1 aromatic carbocycles. The molecule has 23 heavy (non-hydrogen) atoms. The van der Waals surface area contributed by atoms with Gasteiger partial charge in [0.25, 0.3) is 0 Å². The molecule has 8 heteroatoms. The number of amides is 3. The predicted octanol–water partition coefficient (Wildman–Crippen LogP) is 0.425. The summed E-state index contributed by atoms with van der Waals surface area (Å²) in [6, 6.07) is 6.28. The second kappa shape index (κ2) is 9.42. The molecule has 0 aliphatic heterocycles. The fraction of sp³-hybridized carbons (Fsp3) is 0.400. The molecule has 0 aliphatic rings. The van der Waals surface area contributed by atoms with E-state index in [1.165, 1.54) is 0 Å². The minimum Gasteiger partial charge on any atom is -0.465 e. The minimum absolute atomic E-state index is 0.106. The first-order chi connectivity index (χ1) is 10.9. The Labute approximate surface area is 134 Å². The average Bonchev–Trinajstić information content (AvgIpc) is 2.51. The highest BCUT2D eigenvalue weighted by molar-refractivity contribution is 5.96. The highest BCUT2D eigenvalue weighted by Gasteiger charge is 2.20. The quantitative estimate of drug-likeness (QED) is 0.442. The van der Waals surface area contributed by atoms with Gasteiger partial charge in [-0.05, 0) is 31.9 Å². The van der Waals surface area contributed by atoms with E-state index in [2.05, 4.69) is 16.0 Å². The summed E-state index contributed by atoms with van der Waals surface area (Å²) in [7, 11) is 0. The maximum Gasteiger partial charge on any atom is 0.405 e. The van der Waals surface area contributed by atoms with Gasteiger partial charge in [0.15, 0.2) is 0 Å². The molecular formula is C15H22N4O4. The zero-order valence-corrected chi connectivity index (χ0v) is 13.0. The third-order valence-electron chi connectivity index (χ3n) is 3.11. The van der Waals surface area contributed by atoms with E-state index in [-0.39, 0.29) is 18.9 Å². The number of aryl methyl sites for hydroxylation is 1. The largest absolute Gasteiger partial charge is 0.465 e. The zero-order chi connectivity index (χ0) is 17.2. The molecule has 3 amide bonds. The molecule has 0 bridgehead atoms. The summed E-state index contributed by atoms with van der Waals surface area (Å²) >= 11 is 0. The Balaban J connectivity index is 2.54. The van der Waals surface area contributed by atoms with Crippen LogP contribution in [-0.4, -0.2) is 42.1 Å². The van der Waals surface area contributed by atoms with Crippen molar-refractivity contribution in [3.8, 4) is 0 Å². The number of carbonyl (C=O) groups excluding carboxylic acids is 2. The number of anilines is 1. The lowest BCUT2D eigenvalue weighted by molar-refractivity contribution is -0.119. The lowest BCUT2D eigenvalue weighted by atomic mass is 10.1. The van der Waals surface area contributed by atoms with Gasteiger partial charge in [-0.25, -0.2) is 4.79 Å². The molecule has 1 rings (SSSR count). The van der Waals surface area contributed by atoms with Crippen LogP contribution in [0.3, 0.4) is 0 Å². The normalized spacial score (nSPS) is 11.4. The molecule has 0 radical (unpaired) electrons. The summed E-state index contributed by atoms with van der Waals surface area (Å²) < 4.78 is 0. The van der Waals surface area contributed by atoms with Gasteiger partial charge in [0.1, 0.15) is 6.04 Å². The molecule has 8 nitrogen and oxygen atoms in total. The van der Waals surface area contributed by atoms with Crippen molar-refractivity contribution in [1.82, 2.24) is 10.6 Å². The van der Waals surface area contributed by atoms with E-state index in [0.717, 1.165) is 5.56 Å². The topological polar surface area (TPSA) is 134 Å². The summed E-state index contributed by atoms with van der Waals surface area (Å²) in [6.07, 6.45) is -0.576. The molecule has 0 aromatic heterocycles. The van der Waals surface area contributed by atoms with Crippen LogP contribution in [0.2, 0.25) is 0 Å². The molecule has 126 valence electrons. The van der Waals surface area contributed by atoms with Gasteiger partial charge in [-0.15, -0.1) is 0 Å². The minimum atomic E-state index is -1.28. The Morgan fingerprint density at radius 3 is 2.43 bits per heavy atom. The Kier molecular flexibility index (Phi) is 7.55. The van der Waals surface area contributed by atoms with E-state index >= 15 is 0 Å². The van der Waals surface area contributed by atoms with Crippen LogP contribution < -0.4 is 21.7 Å². The van der Waals surface area contributed by atoms with Crippen LogP contribution in [0, 0.1) is 6.92 Å². The third kappa shape index (κ3) is 7.28. The molecule has 0 unspecified atom stereocenters. The van der Waals surface area contributed by atoms with Crippen LogP contribution >= 0.6 is 0 Å². The standard InChI is InChI=1S/C15H22N4O4/c1-10-4-6-11(7-5-10)18-14(21)12(19-15(22)23)3-2-8-17-13(20)9-16/h4-7,12,19H,2-3,8-9,16H2,1H3,(H,17,20)(H,18,21)(H,22,23)/t12-/m0/s1. The first-order valence-electron chi connectivity index (χ1n) is 7.26. The van der Waals surface area contributed by atoms with Gasteiger partial charge in [-0.1, -0.05) is 17.7 Å². The maximum atomic E-state index is 12.2. The number of nitrogens with one attached hydrogen (secondary N) is 3. The number of carbonyl (C=O) groups is 3. The number of benzene rings is 1. The Morgan fingerprint density at radius 2 is 1.87 bits per heavy atom. The highest BCUT2D eigenvalue weighted by atomic mass is 16.4. The van der Waals surface area contributed by atoms with Crippen LogP contribution in [0.15, 0.2) is 24.3 Å². The molecule has 0 saturated heterocycles. The Hall–Kier alpha value is -2.61. The number of rotatable bonds is 8. The van der Waals surface area contributed by atoms with Crippen molar-refractivity contribution in [1.29, 1.82) is 0 Å². The van der Waals surface area contributed by atoms with Crippen LogP contribution in [0.25, 0.3) is 0 Å². The molecule has 0 spiro atoms. The van der Waals surface area contributed by atoms with Crippen LogP contribution in [0.4, 0.5) is 10.5 Å². The van der Waals surface area contributed by atoms with Gasteiger partial charge in [-0.2, -0.15) is 0 Å². The summed E-state index contributed by atoms with van der Waals surface area (Å²) in [5.74, 6) is -0.738. The van der Waals surface area contributed by atoms with E-state index < -0.39 is 18.0 Å². The zero-order valence-electron chi connectivity index (χ0n) is 13.0. The fourth-order valence-electron chi connectivity index (χ4n) is 1.89. The van der Waals surface area contributed by atoms with Crippen molar-refractivity contribution in [2.24, 2.45) is 5.73 Å². The highest BCUT2D eigenvalue weighted by Crippen LogP contribution is 2.10. The lowest BCUT2D eigenvalue weighted by Gasteiger charge is -2.17. The molecular weight excluding hydrogens is 300 g/mol. The Bertz CT molecular complexity index is 545. The van der Waals surface area contributed by atoms with E-state index in [1.54, 1.807) is 12.1 Å². The van der Waals surface area contributed by atoms with Gasteiger partial charge in [0, 0.05) is 12.2 Å². The number of hydrogen-bond acceptors (Lipinski definition) is 4. The van der Waals surface area contributed by atoms with Crippen LogP contribution in [0.5, 0.6) is 0 Å². The van der Waals surface area contributed by atoms with Gasteiger partial charge in [0.05, 0.1) is 6.54 Å². The summed E-state index contributed by atoms with van der Waals surface area (Å²) in [6.45, 7) is 2.15. The first-order valence-corrected chi connectivity index (χ1v) is 7.26. The molecule has 0 fully saturated rings. The fourth-order valence-corrected chi connectivity index (χ4v) is 1.89. The van der Waals surface area contributed by atoms with E-state index in [4.69, 9.17) is 10.8 Å². The SMILES string of the molecule is Cc1ccc(NC(=O)[C@H](CCCNC(=O)CN)NC(=O)O)cc1. The lowest BCUT2D eigenvalue weighted by Crippen LogP contribution is -2.43. The van der Waals surface area contributed by atoms with Crippen molar-refractivity contribution in [3.05, 3.63) is 29.8 Å². The molecule has 6 N–H and O–H groups in total.